The Hall–Kier alpha value is -2.09. The number of nitrogens with zero attached hydrogens (tertiary/aromatic N) is 1. The highest BCUT2D eigenvalue weighted by atomic mass is 16.5. The molecule has 0 saturated heterocycles. The number of hydrogen-bond donors (Lipinski definition) is 0. The van der Waals surface area contributed by atoms with Crippen LogP contribution in [-0.4, -0.2) is 19.4 Å². The third kappa shape index (κ3) is 2.46. The molecule has 0 amide bonds. The lowest BCUT2D eigenvalue weighted by Crippen LogP contribution is -2.06. The van der Waals surface area contributed by atoms with Gasteiger partial charge < -0.3 is 4.74 Å². The van der Waals surface area contributed by atoms with Crippen molar-refractivity contribution >= 4 is 5.71 Å². The van der Waals surface area contributed by atoms with Crippen LogP contribution in [0.2, 0.25) is 0 Å². The number of aryl methyl sites for hydroxylation is 2. The first kappa shape index (κ1) is 12.9. The van der Waals surface area contributed by atoms with Gasteiger partial charge in [0.2, 0.25) is 0 Å². The molecule has 0 spiro atoms. The normalized spacial score (nSPS) is 14.2. The molecule has 2 nitrogen and oxygen atoms in total. The molecule has 1 aliphatic heterocycles. The molecule has 2 heteroatoms. The molecule has 0 aromatic heterocycles. The number of ether oxygens (including phenoxy) is 1. The summed E-state index contributed by atoms with van der Waals surface area (Å²) in [5.74, 6) is 0.925. The highest BCUT2D eigenvalue weighted by Gasteiger charge is 2.15. The Morgan fingerprint density at radius 2 is 1.85 bits per heavy atom. The first-order chi connectivity index (χ1) is 9.78. The third-order valence-electron chi connectivity index (χ3n) is 3.77. The number of fused-ring (bicyclic) bond motifs is 1. The second-order valence-corrected chi connectivity index (χ2v) is 5.22. The van der Waals surface area contributed by atoms with E-state index in [4.69, 9.17) is 9.73 Å². The van der Waals surface area contributed by atoms with Crippen molar-refractivity contribution in [2.75, 3.05) is 13.7 Å². The Morgan fingerprint density at radius 3 is 2.60 bits per heavy atom. The van der Waals surface area contributed by atoms with Gasteiger partial charge in [-0.15, -0.1) is 0 Å². The first-order valence-electron chi connectivity index (χ1n) is 7.07. The highest BCUT2D eigenvalue weighted by Crippen LogP contribution is 2.24. The highest BCUT2D eigenvalue weighted by molar-refractivity contribution is 6.14. The van der Waals surface area contributed by atoms with Gasteiger partial charge in [0.1, 0.15) is 5.75 Å². The summed E-state index contributed by atoms with van der Waals surface area (Å²) in [4.78, 5) is 4.80. The fourth-order valence-electron chi connectivity index (χ4n) is 2.64. The largest absolute Gasteiger partial charge is 0.497 e. The third-order valence-corrected chi connectivity index (χ3v) is 3.77. The van der Waals surface area contributed by atoms with E-state index in [-0.39, 0.29) is 0 Å². The maximum absolute atomic E-state index is 5.34. The lowest BCUT2D eigenvalue weighted by molar-refractivity contribution is 0.414. The molecule has 3 rings (SSSR count). The average molecular weight is 265 g/mol. The van der Waals surface area contributed by atoms with Crippen LogP contribution < -0.4 is 4.74 Å². The number of hydrogen-bond acceptors (Lipinski definition) is 2. The molecule has 20 heavy (non-hydrogen) atoms. The fourth-order valence-corrected chi connectivity index (χ4v) is 2.64. The average Bonchev–Trinajstić information content (AvgIpc) is 2.69. The molecule has 0 unspecified atom stereocenters. The van der Waals surface area contributed by atoms with E-state index >= 15 is 0 Å². The maximum atomic E-state index is 5.34. The summed E-state index contributed by atoms with van der Waals surface area (Å²) < 4.78 is 5.34. The summed E-state index contributed by atoms with van der Waals surface area (Å²) in [6.45, 7) is 3.00. The molecule has 0 bridgehead atoms. The quantitative estimate of drug-likeness (QED) is 0.809. The predicted octanol–water partition coefficient (Wildman–Crippen LogP) is 3.79. The zero-order chi connectivity index (χ0) is 13.9. The Bertz CT molecular complexity index is 641. The van der Waals surface area contributed by atoms with Crippen LogP contribution in [-0.2, 0) is 6.42 Å². The first-order valence-corrected chi connectivity index (χ1v) is 7.07. The smallest absolute Gasteiger partial charge is 0.119 e. The van der Waals surface area contributed by atoms with E-state index in [1.807, 2.05) is 6.07 Å². The van der Waals surface area contributed by atoms with Crippen molar-refractivity contribution in [1.82, 2.24) is 0 Å². The molecule has 0 N–H and O–H groups in total. The molecule has 1 heterocycles. The zero-order valence-corrected chi connectivity index (χ0v) is 12.0. The van der Waals surface area contributed by atoms with E-state index in [0.29, 0.717) is 0 Å². The van der Waals surface area contributed by atoms with Gasteiger partial charge in [0.25, 0.3) is 0 Å². The SMILES string of the molecule is COc1ccc2c(c1)CCCN=C2c1ccc(C)cc1. The number of benzene rings is 2. The van der Waals surface area contributed by atoms with E-state index in [1.165, 1.54) is 22.3 Å². The molecule has 2 aromatic rings. The standard InChI is InChI=1S/C18H19NO/c1-13-5-7-14(8-6-13)18-17-10-9-16(20-2)12-15(17)4-3-11-19-18/h5-10,12H,3-4,11H2,1-2H3. The van der Waals surface area contributed by atoms with Gasteiger partial charge in [0, 0.05) is 17.7 Å². The van der Waals surface area contributed by atoms with E-state index < -0.39 is 0 Å². The summed E-state index contributed by atoms with van der Waals surface area (Å²) in [6, 6.07) is 14.9. The van der Waals surface area contributed by atoms with E-state index in [2.05, 4.69) is 43.3 Å². The van der Waals surface area contributed by atoms with Gasteiger partial charge >= 0.3 is 0 Å². The minimum Gasteiger partial charge on any atom is -0.497 e. The van der Waals surface area contributed by atoms with E-state index in [9.17, 15) is 0 Å². The van der Waals surface area contributed by atoms with Crippen LogP contribution >= 0.6 is 0 Å². The predicted molar refractivity (Wildman–Crippen MR) is 83.0 cm³/mol. The van der Waals surface area contributed by atoms with Crippen molar-refractivity contribution in [1.29, 1.82) is 0 Å². The Kier molecular flexibility index (Phi) is 3.55. The monoisotopic (exact) mass is 265 g/mol. The second kappa shape index (κ2) is 5.49. The number of rotatable bonds is 2. The van der Waals surface area contributed by atoms with Crippen LogP contribution in [0, 0.1) is 6.92 Å². The summed E-state index contributed by atoms with van der Waals surface area (Å²) in [5, 5.41) is 0. The van der Waals surface area contributed by atoms with Gasteiger partial charge in [-0.25, -0.2) is 0 Å². The molecule has 2 aromatic carbocycles. The molecule has 102 valence electrons. The van der Waals surface area contributed by atoms with Crippen molar-refractivity contribution in [3.63, 3.8) is 0 Å². The van der Waals surface area contributed by atoms with Crippen LogP contribution in [0.4, 0.5) is 0 Å². The molecule has 0 saturated carbocycles. The summed E-state index contributed by atoms with van der Waals surface area (Å²) in [7, 11) is 1.72. The summed E-state index contributed by atoms with van der Waals surface area (Å²) in [5.41, 5.74) is 6.16. The van der Waals surface area contributed by atoms with Crippen LogP contribution in [0.1, 0.15) is 28.7 Å². The van der Waals surface area contributed by atoms with Crippen LogP contribution in [0.3, 0.4) is 0 Å². The van der Waals surface area contributed by atoms with E-state index in [0.717, 1.165) is 30.8 Å². The van der Waals surface area contributed by atoms with Crippen molar-refractivity contribution in [2.24, 2.45) is 4.99 Å². The minimum absolute atomic E-state index is 0.889. The number of methoxy groups -OCH3 is 1. The van der Waals surface area contributed by atoms with Crippen molar-refractivity contribution in [3.05, 3.63) is 64.7 Å². The van der Waals surface area contributed by atoms with Crippen LogP contribution in [0.15, 0.2) is 47.5 Å². The maximum Gasteiger partial charge on any atom is 0.119 e. The van der Waals surface area contributed by atoms with Gasteiger partial charge in [-0.05, 0) is 43.5 Å². The Labute approximate surface area is 120 Å². The molecule has 0 fully saturated rings. The summed E-state index contributed by atoms with van der Waals surface area (Å²) >= 11 is 0. The molecule has 1 aliphatic rings. The molecular weight excluding hydrogens is 246 g/mol. The Morgan fingerprint density at radius 1 is 1.05 bits per heavy atom. The molecule has 0 atom stereocenters. The second-order valence-electron chi connectivity index (χ2n) is 5.22. The molecule has 0 aliphatic carbocycles. The number of aliphatic imine (C=N–C) groups is 1. The zero-order valence-electron chi connectivity index (χ0n) is 12.0. The van der Waals surface area contributed by atoms with Crippen molar-refractivity contribution in [3.8, 4) is 5.75 Å². The van der Waals surface area contributed by atoms with Crippen LogP contribution in [0.25, 0.3) is 0 Å². The fraction of sp³-hybridized carbons (Fsp3) is 0.278. The molecular formula is C18H19NO. The van der Waals surface area contributed by atoms with Crippen molar-refractivity contribution in [2.45, 2.75) is 19.8 Å². The van der Waals surface area contributed by atoms with E-state index in [1.54, 1.807) is 7.11 Å². The van der Waals surface area contributed by atoms with Gasteiger partial charge in [-0.2, -0.15) is 0 Å². The minimum atomic E-state index is 0.889. The lowest BCUT2D eigenvalue weighted by atomic mass is 9.95. The summed E-state index contributed by atoms with van der Waals surface area (Å²) in [6.07, 6.45) is 2.15. The van der Waals surface area contributed by atoms with Gasteiger partial charge in [-0.3, -0.25) is 4.99 Å². The Balaban J connectivity index is 2.08. The van der Waals surface area contributed by atoms with Crippen LogP contribution in [0.5, 0.6) is 5.75 Å². The van der Waals surface area contributed by atoms with Gasteiger partial charge in [-0.1, -0.05) is 29.8 Å². The lowest BCUT2D eigenvalue weighted by Gasteiger charge is -2.11. The van der Waals surface area contributed by atoms with Crippen molar-refractivity contribution < 1.29 is 4.74 Å². The topological polar surface area (TPSA) is 21.6 Å². The molecule has 0 radical (unpaired) electrons. The van der Waals surface area contributed by atoms with Gasteiger partial charge in [0.15, 0.2) is 0 Å². The van der Waals surface area contributed by atoms with Gasteiger partial charge in [0.05, 0.1) is 12.8 Å².